The van der Waals surface area contributed by atoms with Gasteiger partial charge in [0.05, 0.1) is 5.52 Å². The lowest BCUT2D eigenvalue weighted by Crippen LogP contribution is -2.06. The summed E-state index contributed by atoms with van der Waals surface area (Å²) in [7, 11) is 0. The highest BCUT2D eigenvalue weighted by atomic mass is 16.1. The maximum absolute atomic E-state index is 8.35. The highest BCUT2D eigenvalue weighted by molar-refractivity contribution is 5.78. The molecule has 0 atom stereocenters. The van der Waals surface area contributed by atoms with Crippen molar-refractivity contribution in [2.24, 2.45) is 0 Å². The second-order valence-electron chi connectivity index (χ2n) is 6.18. The third-order valence-electron chi connectivity index (χ3n) is 4.47. The Hall–Kier alpha value is -3.55. The molecule has 3 nitrogen and oxygen atoms in total. The van der Waals surface area contributed by atoms with Gasteiger partial charge in [-0.25, -0.2) is 10.2 Å². The van der Waals surface area contributed by atoms with Gasteiger partial charge >= 0.3 is 0 Å². The highest BCUT2D eigenvalue weighted by Crippen LogP contribution is 2.28. The highest BCUT2D eigenvalue weighted by Gasteiger charge is 2.15. The van der Waals surface area contributed by atoms with E-state index in [-0.39, 0.29) is 0 Å². The monoisotopic (exact) mass is 352 g/mol. The van der Waals surface area contributed by atoms with Gasteiger partial charge in [-0.1, -0.05) is 84.9 Å². The van der Waals surface area contributed by atoms with Crippen LogP contribution in [-0.2, 0) is 11.2 Å². The molecule has 0 aliphatic heterocycles. The molecular formula is C24H20N2O. The number of carbonyl (C=O) groups excluding carboxylic acids is 1. The first kappa shape index (κ1) is 18.2. The molecule has 1 heterocycles. The van der Waals surface area contributed by atoms with E-state index in [4.69, 9.17) is 15.2 Å². The van der Waals surface area contributed by atoms with Gasteiger partial charge in [-0.05, 0) is 23.3 Å². The molecule has 1 aromatic heterocycles. The van der Waals surface area contributed by atoms with Crippen LogP contribution in [0.4, 0.5) is 0 Å². The van der Waals surface area contributed by atoms with Gasteiger partial charge in [0.15, 0.2) is 0 Å². The molecule has 0 spiro atoms. The van der Waals surface area contributed by atoms with Crippen LogP contribution in [-0.4, -0.2) is 11.1 Å². The number of pyridine rings is 1. The van der Waals surface area contributed by atoms with E-state index < -0.39 is 0 Å². The van der Waals surface area contributed by atoms with E-state index >= 15 is 0 Å². The summed E-state index contributed by atoms with van der Waals surface area (Å²) in [5.74, 6) is 0.320. The van der Waals surface area contributed by atoms with Crippen LogP contribution in [0.25, 0.3) is 10.9 Å². The molecule has 0 aliphatic carbocycles. The molecule has 3 heteroatoms. The Labute approximate surface area is 158 Å². The van der Waals surface area contributed by atoms with Gasteiger partial charge in [0.25, 0.3) is 0 Å². The van der Waals surface area contributed by atoms with Gasteiger partial charge in [-0.2, -0.15) is 0 Å². The third-order valence-corrected chi connectivity index (χ3v) is 4.47. The van der Waals surface area contributed by atoms with Crippen molar-refractivity contribution in [1.29, 1.82) is 5.41 Å². The minimum absolute atomic E-state index is 0.320. The molecule has 1 N–H and O–H groups in total. The lowest BCUT2D eigenvalue weighted by atomic mass is 9.87. The Kier molecular flexibility index (Phi) is 6.24. The zero-order valence-electron chi connectivity index (χ0n) is 14.9. The van der Waals surface area contributed by atoms with Gasteiger partial charge in [0.2, 0.25) is 6.08 Å². The van der Waals surface area contributed by atoms with Crippen LogP contribution in [0.1, 0.15) is 22.7 Å². The summed E-state index contributed by atoms with van der Waals surface area (Å²) in [6.07, 6.45) is 1.65. The van der Waals surface area contributed by atoms with Crippen molar-refractivity contribution < 1.29 is 4.79 Å². The number of nitrogens with zero attached hydrogens (tertiary/aromatic N) is 1. The second kappa shape index (κ2) is 9.23. The van der Waals surface area contributed by atoms with Crippen molar-refractivity contribution in [1.82, 2.24) is 4.98 Å². The van der Waals surface area contributed by atoms with E-state index in [1.165, 1.54) is 16.5 Å². The fraction of sp³-hybridized carbons (Fsp3) is 0.0833. The Morgan fingerprint density at radius 1 is 0.741 bits per heavy atom. The van der Waals surface area contributed by atoms with Crippen LogP contribution in [0.5, 0.6) is 0 Å². The number of benzene rings is 3. The van der Waals surface area contributed by atoms with Gasteiger partial charge in [-0.15, -0.1) is 0 Å². The number of nitrogens with one attached hydrogen (secondary N) is 1. The standard InChI is InChI=1S/C23H19N.CHNO/c1-3-9-18(10-4-1)22(19-11-5-2-6-12-19)17-21-16-15-20-13-7-8-14-23(20)24-21;2-1-3/h1-16,22H,17H2;2H. The minimum atomic E-state index is 0.320. The molecule has 132 valence electrons. The van der Waals surface area contributed by atoms with Crippen molar-refractivity contribution in [2.75, 3.05) is 0 Å². The van der Waals surface area contributed by atoms with Crippen LogP contribution in [0.2, 0.25) is 0 Å². The molecular weight excluding hydrogens is 332 g/mol. The first-order valence-corrected chi connectivity index (χ1v) is 8.80. The summed E-state index contributed by atoms with van der Waals surface area (Å²) in [4.78, 5) is 13.2. The molecule has 0 bridgehead atoms. The van der Waals surface area contributed by atoms with Crippen LogP contribution < -0.4 is 0 Å². The largest absolute Gasteiger partial charge is 0.253 e. The zero-order chi connectivity index (χ0) is 18.9. The topological polar surface area (TPSA) is 53.8 Å². The van der Waals surface area contributed by atoms with Crippen molar-refractivity contribution in [3.63, 3.8) is 0 Å². The Balaban J connectivity index is 0.000000659. The summed E-state index contributed by atoms with van der Waals surface area (Å²) in [6, 6.07) is 34.0. The molecule has 4 aromatic rings. The number of fused-ring (bicyclic) bond motifs is 1. The van der Waals surface area contributed by atoms with E-state index in [1.54, 1.807) is 0 Å². The Morgan fingerprint density at radius 2 is 1.26 bits per heavy atom. The predicted octanol–water partition coefficient (Wildman–Crippen LogP) is 5.51. The first-order valence-electron chi connectivity index (χ1n) is 8.80. The maximum Gasteiger partial charge on any atom is 0.231 e. The van der Waals surface area contributed by atoms with Crippen molar-refractivity contribution in [3.8, 4) is 0 Å². The van der Waals surface area contributed by atoms with Gasteiger partial charge in [0, 0.05) is 23.4 Å². The Morgan fingerprint density at radius 3 is 1.85 bits per heavy atom. The Bertz CT molecular complexity index is 984. The molecule has 27 heavy (non-hydrogen) atoms. The minimum Gasteiger partial charge on any atom is -0.253 e. The fourth-order valence-corrected chi connectivity index (χ4v) is 3.23. The van der Waals surface area contributed by atoms with Gasteiger partial charge < -0.3 is 0 Å². The number of para-hydroxylation sites is 1. The number of hydrogen-bond acceptors (Lipinski definition) is 3. The summed E-state index contributed by atoms with van der Waals surface area (Å²) in [5.41, 5.74) is 4.86. The average molecular weight is 352 g/mol. The normalized spacial score (nSPS) is 10.1. The van der Waals surface area contributed by atoms with Crippen LogP contribution >= 0.6 is 0 Å². The number of aromatic nitrogens is 1. The lowest BCUT2D eigenvalue weighted by molar-refractivity contribution is 0.563. The molecule has 0 unspecified atom stereocenters. The molecule has 0 saturated carbocycles. The second-order valence-corrected chi connectivity index (χ2v) is 6.18. The maximum atomic E-state index is 8.35. The van der Waals surface area contributed by atoms with Gasteiger partial charge in [0.1, 0.15) is 0 Å². The molecule has 3 aromatic carbocycles. The third kappa shape index (κ3) is 4.75. The number of hydrogen-bond donors (Lipinski definition) is 1. The van der Waals surface area contributed by atoms with Crippen LogP contribution in [0, 0.1) is 5.41 Å². The summed E-state index contributed by atoms with van der Waals surface area (Å²) in [5, 5.41) is 6.59. The van der Waals surface area contributed by atoms with E-state index in [9.17, 15) is 0 Å². The molecule has 0 amide bonds. The molecule has 0 radical (unpaired) electrons. The fourth-order valence-electron chi connectivity index (χ4n) is 3.23. The van der Waals surface area contributed by atoms with E-state index in [2.05, 4.69) is 91.0 Å². The summed E-state index contributed by atoms with van der Waals surface area (Å²) in [6.45, 7) is 0. The smallest absolute Gasteiger partial charge is 0.231 e. The molecule has 4 rings (SSSR count). The first-order chi connectivity index (χ1) is 13.3. The van der Waals surface area contributed by atoms with Crippen molar-refractivity contribution >= 4 is 17.0 Å². The number of isocyanates is 1. The van der Waals surface area contributed by atoms with Crippen LogP contribution in [0.3, 0.4) is 0 Å². The quantitative estimate of drug-likeness (QED) is 0.389. The lowest BCUT2D eigenvalue weighted by Gasteiger charge is -2.18. The molecule has 0 saturated heterocycles. The van der Waals surface area contributed by atoms with E-state index in [0.717, 1.165) is 23.7 Å². The van der Waals surface area contributed by atoms with Crippen molar-refractivity contribution in [2.45, 2.75) is 12.3 Å². The summed E-state index contributed by atoms with van der Waals surface area (Å²) < 4.78 is 0. The van der Waals surface area contributed by atoms with E-state index in [1.807, 2.05) is 6.07 Å². The van der Waals surface area contributed by atoms with Crippen LogP contribution in [0.15, 0.2) is 97.1 Å². The van der Waals surface area contributed by atoms with Crippen molar-refractivity contribution in [3.05, 3.63) is 114 Å². The predicted molar refractivity (Wildman–Crippen MR) is 109 cm³/mol. The zero-order valence-corrected chi connectivity index (χ0v) is 14.9. The SMILES string of the molecule is N=C=O.c1ccc(C(Cc2ccc3ccccc3n2)c2ccccc2)cc1. The summed E-state index contributed by atoms with van der Waals surface area (Å²) >= 11 is 0. The van der Waals surface area contributed by atoms with E-state index in [0.29, 0.717) is 5.92 Å². The molecule has 0 fully saturated rings. The molecule has 0 aliphatic rings. The average Bonchev–Trinajstić information content (AvgIpc) is 2.74. The number of rotatable bonds is 4. The van der Waals surface area contributed by atoms with Gasteiger partial charge in [-0.3, -0.25) is 4.98 Å².